The highest BCUT2D eigenvalue weighted by Gasteiger charge is 2.29. The summed E-state index contributed by atoms with van der Waals surface area (Å²) in [7, 11) is 0. The van der Waals surface area contributed by atoms with Gasteiger partial charge in [-0.2, -0.15) is 0 Å². The lowest BCUT2D eigenvalue weighted by Gasteiger charge is -2.21. The third-order valence-corrected chi connectivity index (χ3v) is 11.4. The van der Waals surface area contributed by atoms with Crippen LogP contribution in [0.25, 0.3) is 68.6 Å². The van der Waals surface area contributed by atoms with Crippen LogP contribution in [-0.2, 0) is 22.4 Å². The number of nitrogens with zero attached hydrogens (tertiary/aromatic N) is 2. The van der Waals surface area contributed by atoms with Crippen molar-refractivity contribution in [3.63, 3.8) is 0 Å². The molecule has 3 aromatic heterocycles. The molecule has 0 amide bonds. The molecule has 6 aliphatic heterocycles. The summed E-state index contributed by atoms with van der Waals surface area (Å²) >= 11 is 0. The molecule has 0 spiro atoms. The van der Waals surface area contributed by atoms with E-state index < -0.39 is 0 Å². The van der Waals surface area contributed by atoms with Crippen molar-refractivity contribution in [1.29, 1.82) is 0 Å². The molecule has 2 N–H and O–H groups in total. The molecule has 7 aliphatic rings. The fourth-order valence-electron chi connectivity index (χ4n) is 8.51. The molecular formula is C48H42N4O2. The van der Waals surface area contributed by atoms with Crippen LogP contribution in [0, 0.1) is 0 Å². The number of hydrogen-bond donors (Lipinski definition) is 2. The molecule has 12 rings (SSSR count). The highest BCUT2D eigenvalue weighted by molar-refractivity contribution is 6.24. The van der Waals surface area contributed by atoms with E-state index in [2.05, 4.69) is 119 Å². The number of hydrogen-bond acceptors (Lipinski definition) is 4. The zero-order valence-corrected chi connectivity index (χ0v) is 30.8. The number of rotatable bonds is 0. The van der Waals surface area contributed by atoms with Crippen LogP contribution in [0.5, 0.6) is 0 Å². The second-order valence-corrected chi connectivity index (χ2v) is 14.8. The lowest BCUT2D eigenvalue weighted by molar-refractivity contribution is -0.116. The maximum Gasteiger partial charge on any atom is 0.185 e. The summed E-state index contributed by atoms with van der Waals surface area (Å²) in [6.07, 6.45) is 14.6. The molecule has 0 radical (unpaired) electrons. The van der Waals surface area contributed by atoms with E-state index in [4.69, 9.17) is 9.97 Å². The minimum absolute atomic E-state index is 0.0409. The van der Waals surface area contributed by atoms with Crippen molar-refractivity contribution in [3.05, 3.63) is 141 Å². The Morgan fingerprint density at radius 2 is 0.944 bits per heavy atom. The van der Waals surface area contributed by atoms with Gasteiger partial charge in [-0.05, 0) is 148 Å². The van der Waals surface area contributed by atoms with Crippen molar-refractivity contribution in [2.75, 3.05) is 0 Å². The summed E-state index contributed by atoms with van der Waals surface area (Å²) in [5.41, 5.74) is 16.8. The van der Waals surface area contributed by atoms with E-state index in [0.29, 0.717) is 35.1 Å². The second-order valence-electron chi connectivity index (χ2n) is 14.8. The molecule has 5 aromatic rings. The lowest BCUT2D eigenvalue weighted by Crippen LogP contribution is -2.22. The van der Waals surface area contributed by atoms with E-state index in [1.54, 1.807) is 0 Å². The van der Waals surface area contributed by atoms with Gasteiger partial charge in [-0.1, -0.05) is 48.5 Å². The van der Waals surface area contributed by atoms with E-state index >= 15 is 0 Å². The van der Waals surface area contributed by atoms with Gasteiger partial charge in [0.15, 0.2) is 11.6 Å². The quantitative estimate of drug-likeness (QED) is 0.154. The first kappa shape index (κ1) is 33.7. The van der Waals surface area contributed by atoms with Crippen molar-refractivity contribution in [3.8, 4) is 22.3 Å². The average molecular weight is 707 g/mol. The number of carbonyl (C=O) groups excluding carboxylic acids is 2. The lowest BCUT2D eigenvalue weighted by atomic mass is 9.81. The van der Waals surface area contributed by atoms with Crippen molar-refractivity contribution < 1.29 is 9.59 Å². The van der Waals surface area contributed by atoms with Crippen LogP contribution in [0.15, 0.2) is 107 Å². The van der Waals surface area contributed by atoms with Crippen LogP contribution in [0.3, 0.4) is 0 Å². The third-order valence-electron chi connectivity index (χ3n) is 11.4. The Morgan fingerprint density at radius 1 is 0.500 bits per heavy atom. The predicted octanol–water partition coefficient (Wildman–Crippen LogP) is 11.2. The monoisotopic (exact) mass is 706 g/mol. The van der Waals surface area contributed by atoms with Crippen LogP contribution in [0.1, 0.15) is 86.3 Å². The molecule has 9 heterocycles. The fourth-order valence-corrected chi connectivity index (χ4v) is 8.51. The Morgan fingerprint density at radius 3 is 1.44 bits per heavy atom. The van der Waals surface area contributed by atoms with Crippen molar-refractivity contribution >= 4 is 57.9 Å². The molecule has 12 bridgehead atoms. The Kier molecular flexibility index (Phi) is 8.74. The summed E-state index contributed by atoms with van der Waals surface area (Å²) in [6.45, 7) is 3.70. The van der Waals surface area contributed by atoms with Gasteiger partial charge in [0.25, 0.3) is 0 Å². The zero-order valence-electron chi connectivity index (χ0n) is 30.8. The summed E-state index contributed by atoms with van der Waals surface area (Å²) in [5.74, 6) is 0.0831. The van der Waals surface area contributed by atoms with Gasteiger partial charge in [0.2, 0.25) is 0 Å². The number of aromatic amines is 2. The summed E-state index contributed by atoms with van der Waals surface area (Å²) in [5, 5.41) is 0. The molecule has 0 unspecified atom stereocenters. The van der Waals surface area contributed by atoms with Gasteiger partial charge < -0.3 is 9.97 Å². The summed E-state index contributed by atoms with van der Waals surface area (Å²) in [6, 6.07) is 29.9. The molecule has 0 saturated heterocycles. The van der Waals surface area contributed by atoms with Crippen LogP contribution in [-0.4, -0.2) is 31.5 Å². The van der Waals surface area contributed by atoms with E-state index in [1.165, 1.54) is 11.1 Å². The first-order chi connectivity index (χ1) is 26.4. The second kappa shape index (κ2) is 14.0. The van der Waals surface area contributed by atoms with Crippen molar-refractivity contribution in [1.82, 2.24) is 19.9 Å². The molecule has 6 heteroatoms. The maximum atomic E-state index is 13.7. The van der Waals surface area contributed by atoms with Gasteiger partial charge in [-0.3, -0.25) is 9.59 Å². The van der Waals surface area contributed by atoms with Crippen molar-refractivity contribution in [2.45, 2.75) is 65.2 Å². The maximum absolute atomic E-state index is 13.7. The number of nitrogens with one attached hydrogen (secondary N) is 2. The van der Waals surface area contributed by atoms with Gasteiger partial charge in [0, 0.05) is 55.5 Å². The third kappa shape index (κ3) is 6.21. The molecule has 1 aliphatic carbocycles. The van der Waals surface area contributed by atoms with Gasteiger partial charge in [0.1, 0.15) is 0 Å². The van der Waals surface area contributed by atoms with E-state index in [1.807, 2.05) is 13.8 Å². The number of ketones is 2. The van der Waals surface area contributed by atoms with Crippen LogP contribution >= 0.6 is 0 Å². The SMILES string of the molecule is CC1=C2CCCCc3ccccc3-c3c4nc(cc5ccc([nH]5)c(c5ccc(cc6nc3C=C6)[nH]5)-c3ccccc3CCCCC(=C(C)C2=O)C1=O)C=C4. The number of Topliss-reactive ketones (excluding diaryl/α,β-unsaturated/α-hetero) is 2. The molecule has 0 saturated carbocycles. The Bertz CT molecular complexity index is 2580. The van der Waals surface area contributed by atoms with E-state index in [-0.39, 0.29) is 11.6 Å². The molecule has 266 valence electrons. The molecule has 6 nitrogen and oxygen atoms in total. The zero-order chi connectivity index (χ0) is 36.8. The Labute approximate surface area is 315 Å². The number of benzene rings is 2. The molecule has 54 heavy (non-hydrogen) atoms. The number of allylic oxidation sites excluding steroid dienone is 4. The molecule has 0 fully saturated rings. The Balaban J connectivity index is 1.27. The summed E-state index contributed by atoms with van der Waals surface area (Å²) < 4.78 is 0. The largest absolute Gasteiger partial charge is 0.355 e. The topological polar surface area (TPSA) is 91.5 Å². The molecule has 2 aromatic carbocycles. The first-order valence-electron chi connectivity index (χ1n) is 19.2. The van der Waals surface area contributed by atoms with Gasteiger partial charge in [-0.25, -0.2) is 9.97 Å². The minimum atomic E-state index is 0.0409. The highest BCUT2D eigenvalue weighted by atomic mass is 16.1. The van der Waals surface area contributed by atoms with Crippen LogP contribution in [0.2, 0.25) is 0 Å². The van der Waals surface area contributed by atoms with Gasteiger partial charge >= 0.3 is 0 Å². The van der Waals surface area contributed by atoms with E-state index in [9.17, 15) is 9.59 Å². The van der Waals surface area contributed by atoms with Gasteiger partial charge in [-0.15, -0.1) is 0 Å². The minimum Gasteiger partial charge on any atom is -0.355 e. The van der Waals surface area contributed by atoms with Crippen molar-refractivity contribution in [2.24, 2.45) is 0 Å². The van der Waals surface area contributed by atoms with Crippen LogP contribution in [0.4, 0.5) is 0 Å². The van der Waals surface area contributed by atoms with E-state index in [0.717, 1.165) is 106 Å². The van der Waals surface area contributed by atoms with Gasteiger partial charge in [0.05, 0.1) is 22.8 Å². The smallest absolute Gasteiger partial charge is 0.185 e. The predicted molar refractivity (Wildman–Crippen MR) is 220 cm³/mol. The molecular weight excluding hydrogens is 665 g/mol. The van der Waals surface area contributed by atoms with Crippen LogP contribution < -0.4 is 0 Å². The fraction of sp³-hybridized carbons (Fsp3) is 0.208. The highest BCUT2D eigenvalue weighted by Crippen LogP contribution is 2.37. The summed E-state index contributed by atoms with van der Waals surface area (Å²) in [4.78, 5) is 45.2. The molecule has 0 atom stereocenters. The Hall–Kier alpha value is -6.14. The number of H-pyrrole nitrogens is 2. The first-order valence-corrected chi connectivity index (χ1v) is 19.2. The standard InChI is InChI=1S/C48H42N4O2/c1-29-37-15-7-3-11-31-13-5-9-17-39(31)45-41-23-19-33(49-41)27-35-21-25-43(51-35)46(44-26-22-36(52-44)28-34-20-24-42(45)50-34)40-18-10-6-14-32(40)12-4-8-16-38(47(29)53)30(2)48(37)54/h5-6,9-10,13-14,17-28,49-50H,3-4,7-8,11-12,15-16H2,1-2H3. The average Bonchev–Trinajstić information content (AvgIpc) is 4.02. The number of aryl methyl sites for hydroxylation is 2. The number of aromatic nitrogens is 4. The normalized spacial score (nSPS) is 16.3. The number of carbonyl (C=O) groups is 2.